The van der Waals surface area contributed by atoms with E-state index in [0.29, 0.717) is 44.8 Å². The van der Waals surface area contributed by atoms with Crippen LogP contribution in [0.25, 0.3) is 11.0 Å². The fourth-order valence-electron chi connectivity index (χ4n) is 3.92. The van der Waals surface area contributed by atoms with Crippen LogP contribution in [0.5, 0.6) is 0 Å². The molecule has 2 heterocycles. The minimum atomic E-state index is -0.716. The Bertz CT molecular complexity index is 1170. The minimum Gasteiger partial charge on any atom is -0.461 e. The molecular formula is C24H27NO5. The van der Waals surface area contributed by atoms with E-state index in [-0.39, 0.29) is 11.2 Å². The van der Waals surface area contributed by atoms with Crippen molar-refractivity contribution in [3.63, 3.8) is 0 Å². The molecule has 1 aromatic heterocycles. The van der Waals surface area contributed by atoms with Crippen molar-refractivity contribution in [3.05, 3.63) is 68.4 Å². The van der Waals surface area contributed by atoms with Crippen LogP contribution in [0.15, 0.2) is 56.0 Å². The Morgan fingerprint density at radius 3 is 2.30 bits per heavy atom. The largest absolute Gasteiger partial charge is 0.461 e. The number of hydrogen-bond donors (Lipinski definition) is 1. The van der Waals surface area contributed by atoms with E-state index in [2.05, 4.69) is 5.32 Å². The molecule has 1 aromatic carbocycles. The molecule has 0 bridgehead atoms. The highest BCUT2D eigenvalue weighted by molar-refractivity contribution is 6.03. The second-order valence-electron chi connectivity index (χ2n) is 8.64. The van der Waals surface area contributed by atoms with Gasteiger partial charge in [0.1, 0.15) is 16.9 Å². The fraction of sp³-hybridized carbons (Fsp3) is 0.375. The van der Waals surface area contributed by atoms with Crippen molar-refractivity contribution in [3.8, 4) is 0 Å². The summed E-state index contributed by atoms with van der Waals surface area (Å²) in [7, 11) is 0. The third-order valence-electron chi connectivity index (χ3n) is 4.98. The van der Waals surface area contributed by atoms with Crippen LogP contribution in [0.4, 0.5) is 0 Å². The molecule has 6 nitrogen and oxygen atoms in total. The Balaban J connectivity index is 2.35. The molecule has 0 radical (unpaired) electrons. The summed E-state index contributed by atoms with van der Waals surface area (Å²) < 4.78 is 11.6. The maximum atomic E-state index is 13.2. The summed E-state index contributed by atoms with van der Waals surface area (Å²) in [5, 5.41) is 3.54. The zero-order chi connectivity index (χ0) is 22.4. The Labute approximate surface area is 175 Å². The van der Waals surface area contributed by atoms with Crippen LogP contribution < -0.4 is 10.7 Å². The SMILES string of the molecule is CC(=O)C1=C(C)NC(C)=C(C(=O)OC(C)(C)C)C1c1cccc2c(=O)cc(C)oc12. The number of aryl methyl sites for hydroxylation is 1. The molecule has 0 fully saturated rings. The van der Waals surface area contributed by atoms with Crippen molar-refractivity contribution in [2.45, 2.75) is 60.0 Å². The summed E-state index contributed by atoms with van der Waals surface area (Å²) in [5.74, 6) is -0.952. The number of ether oxygens (including phenoxy) is 1. The number of carbonyl (C=O) groups is 2. The van der Waals surface area contributed by atoms with Crippen molar-refractivity contribution >= 4 is 22.7 Å². The molecule has 0 saturated heterocycles. The van der Waals surface area contributed by atoms with E-state index in [9.17, 15) is 14.4 Å². The molecule has 1 atom stereocenters. The van der Waals surface area contributed by atoms with Crippen LogP contribution in [0.1, 0.15) is 58.8 Å². The highest BCUT2D eigenvalue weighted by Gasteiger charge is 2.38. The average molecular weight is 409 g/mol. The average Bonchev–Trinajstić information content (AvgIpc) is 2.58. The first kappa shape index (κ1) is 21.6. The first-order valence-corrected chi connectivity index (χ1v) is 9.87. The summed E-state index contributed by atoms with van der Waals surface area (Å²) in [6, 6.07) is 6.63. The number of hydrogen-bond acceptors (Lipinski definition) is 6. The van der Waals surface area contributed by atoms with Gasteiger partial charge < -0.3 is 14.5 Å². The zero-order valence-electron chi connectivity index (χ0n) is 18.4. The van der Waals surface area contributed by atoms with E-state index >= 15 is 0 Å². The Morgan fingerprint density at radius 2 is 1.70 bits per heavy atom. The number of Topliss-reactive ketones (excluding diaryl/α,β-unsaturated/α-hetero) is 1. The third-order valence-corrected chi connectivity index (χ3v) is 4.98. The van der Waals surface area contributed by atoms with Gasteiger partial charge in [-0.2, -0.15) is 0 Å². The van der Waals surface area contributed by atoms with Gasteiger partial charge in [-0.3, -0.25) is 9.59 Å². The first-order chi connectivity index (χ1) is 13.9. The second-order valence-corrected chi connectivity index (χ2v) is 8.64. The van der Waals surface area contributed by atoms with Gasteiger partial charge in [0.25, 0.3) is 0 Å². The van der Waals surface area contributed by atoms with Crippen LogP contribution in [0.3, 0.4) is 0 Å². The lowest BCUT2D eigenvalue weighted by Crippen LogP contribution is -2.34. The number of carbonyl (C=O) groups excluding carboxylic acids is 2. The van der Waals surface area contributed by atoms with Gasteiger partial charge in [0, 0.05) is 28.6 Å². The lowest BCUT2D eigenvalue weighted by atomic mass is 9.78. The summed E-state index contributed by atoms with van der Waals surface area (Å²) in [5.41, 5.74) is 2.11. The molecule has 158 valence electrons. The van der Waals surface area contributed by atoms with E-state index in [4.69, 9.17) is 9.15 Å². The number of benzene rings is 1. The van der Waals surface area contributed by atoms with Crippen LogP contribution >= 0.6 is 0 Å². The molecule has 0 spiro atoms. The number of rotatable bonds is 3. The molecule has 0 saturated carbocycles. The molecular weight excluding hydrogens is 382 g/mol. The van der Waals surface area contributed by atoms with E-state index < -0.39 is 17.5 Å². The summed E-state index contributed by atoms with van der Waals surface area (Å²) in [6.07, 6.45) is 0. The highest BCUT2D eigenvalue weighted by Crippen LogP contribution is 2.41. The number of para-hydroxylation sites is 1. The standard InChI is InChI=1S/C24H27NO5/c1-12-11-18(27)16-9-8-10-17(22(16)29-12)21-19(15(4)26)13(2)25-14(3)20(21)23(28)30-24(5,6)7/h8-11,21,25H,1-7H3. The predicted octanol–water partition coefficient (Wildman–Crippen LogP) is 4.27. The van der Waals surface area contributed by atoms with Gasteiger partial charge in [0.2, 0.25) is 0 Å². The topological polar surface area (TPSA) is 85.6 Å². The van der Waals surface area contributed by atoms with Crippen LogP contribution in [0.2, 0.25) is 0 Å². The second kappa shape index (κ2) is 7.59. The summed E-state index contributed by atoms with van der Waals surface area (Å²) >= 11 is 0. The van der Waals surface area contributed by atoms with Crippen molar-refractivity contribution in [2.24, 2.45) is 0 Å². The predicted molar refractivity (Wildman–Crippen MR) is 115 cm³/mol. The molecule has 3 rings (SSSR count). The van der Waals surface area contributed by atoms with Gasteiger partial charge in [0.15, 0.2) is 11.2 Å². The maximum absolute atomic E-state index is 13.2. The molecule has 6 heteroatoms. The highest BCUT2D eigenvalue weighted by atomic mass is 16.6. The molecule has 0 amide bonds. The lowest BCUT2D eigenvalue weighted by Gasteiger charge is -2.32. The van der Waals surface area contributed by atoms with Crippen molar-refractivity contribution in [1.82, 2.24) is 5.32 Å². The van der Waals surface area contributed by atoms with Crippen LogP contribution in [0, 0.1) is 6.92 Å². The van der Waals surface area contributed by atoms with E-state index in [1.165, 1.54) is 13.0 Å². The number of esters is 1. The molecule has 1 unspecified atom stereocenters. The minimum absolute atomic E-state index is 0.172. The quantitative estimate of drug-likeness (QED) is 0.762. The van der Waals surface area contributed by atoms with Gasteiger partial charge >= 0.3 is 5.97 Å². The van der Waals surface area contributed by atoms with Crippen LogP contribution in [-0.2, 0) is 14.3 Å². The van der Waals surface area contributed by atoms with Gasteiger partial charge in [0.05, 0.1) is 16.9 Å². The van der Waals surface area contributed by atoms with Crippen molar-refractivity contribution in [1.29, 1.82) is 0 Å². The van der Waals surface area contributed by atoms with Gasteiger partial charge in [-0.15, -0.1) is 0 Å². The number of fused-ring (bicyclic) bond motifs is 1. The van der Waals surface area contributed by atoms with Crippen molar-refractivity contribution < 1.29 is 18.7 Å². The Hall–Kier alpha value is -3.15. The Morgan fingerprint density at radius 1 is 1.07 bits per heavy atom. The molecule has 1 aliphatic heterocycles. The fourth-order valence-corrected chi connectivity index (χ4v) is 3.92. The number of dihydropyridines is 1. The smallest absolute Gasteiger partial charge is 0.337 e. The van der Waals surface area contributed by atoms with Gasteiger partial charge in [-0.1, -0.05) is 12.1 Å². The Kier molecular flexibility index (Phi) is 5.46. The van der Waals surface area contributed by atoms with Crippen LogP contribution in [-0.4, -0.2) is 17.4 Å². The van der Waals surface area contributed by atoms with E-state index in [1.54, 1.807) is 59.7 Å². The zero-order valence-corrected chi connectivity index (χ0v) is 18.4. The molecule has 1 N–H and O–H groups in total. The number of allylic oxidation sites excluding steroid dienone is 3. The molecule has 1 aliphatic rings. The van der Waals surface area contributed by atoms with E-state index in [1.807, 2.05) is 0 Å². The van der Waals surface area contributed by atoms with E-state index in [0.717, 1.165) is 0 Å². The molecule has 0 aliphatic carbocycles. The lowest BCUT2D eigenvalue weighted by molar-refractivity contribution is -0.150. The summed E-state index contributed by atoms with van der Waals surface area (Å²) in [6.45, 7) is 12.1. The monoisotopic (exact) mass is 409 g/mol. The van der Waals surface area contributed by atoms with Gasteiger partial charge in [-0.25, -0.2) is 4.79 Å². The van der Waals surface area contributed by atoms with Gasteiger partial charge in [-0.05, 0) is 54.5 Å². The maximum Gasteiger partial charge on any atom is 0.337 e. The third kappa shape index (κ3) is 3.95. The molecule has 2 aromatic rings. The molecule has 30 heavy (non-hydrogen) atoms. The number of ketones is 1. The number of nitrogens with one attached hydrogen (secondary N) is 1. The first-order valence-electron chi connectivity index (χ1n) is 9.87. The normalized spacial score (nSPS) is 17.2. The summed E-state index contributed by atoms with van der Waals surface area (Å²) in [4.78, 5) is 38.4. The van der Waals surface area contributed by atoms with Crippen molar-refractivity contribution in [2.75, 3.05) is 0 Å².